The molecule has 0 bridgehead atoms. The van der Waals surface area contributed by atoms with Crippen molar-refractivity contribution in [2.45, 2.75) is 92.1 Å². The van der Waals surface area contributed by atoms with Gasteiger partial charge in [-0.2, -0.15) is 0 Å². The fraction of sp³-hybridized carbons (Fsp3) is 1.00. The third-order valence-electron chi connectivity index (χ3n) is 6.09. The molecule has 0 saturated carbocycles. The van der Waals surface area contributed by atoms with Crippen molar-refractivity contribution in [3.8, 4) is 0 Å². The molecule has 3 saturated heterocycles. The molecule has 3 aliphatic rings. The van der Waals surface area contributed by atoms with E-state index in [0.717, 1.165) is 0 Å². The van der Waals surface area contributed by atoms with Gasteiger partial charge in [0.25, 0.3) is 0 Å². The average molecular weight is 504 g/mol. The highest BCUT2D eigenvalue weighted by Crippen LogP contribution is 2.32. The lowest BCUT2D eigenvalue weighted by atomic mass is 9.96. The Hall–Kier alpha value is -0.640. The molecule has 200 valence electrons. The second-order valence-corrected chi connectivity index (χ2v) is 8.33. The maximum Gasteiger partial charge on any atom is 0.187 e. The summed E-state index contributed by atoms with van der Waals surface area (Å²) in [5.74, 6) is 0. The highest BCUT2D eigenvalue weighted by atomic mass is 16.8. The van der Waals surface area contributed by atoms with Gasteiger partial charge in [-0.05, 0) is 0 Å². The zero-order chi connectivity index (χ0) is 25.3. The van der Waals surface area contributed by atoms with Gasteiger partial charge < -0.3 is 79.9 Å². The van der Waals surface area contributed by atoms with E-state index in [2.05, 4.69) is 0 Å². The first-order chi connectivity index (χ1) is 16.0. The zero-order valence-corrected chi connectivity index (χ0v) is 17.7. The van der Waals surface area contributed by atoms with Gasteiger partial charge in [-0.3, -0.25) is 0 Å². The van der Waals surface area contributed by atoms with Crippen LogP contribution >= 0.6 is 0 Å². The minimum Gasteiger partial charge on any atom is -0.394 e. The van der Waals surface area contributed by atoms with Gasteiger partial charge in [-0.1, -0.05) is 0 Å². The van der Waals surface area contributed by atoms with Gasteiger partial charge in [0.15, 0.2) is 18.9 Å². The summed E-state index contributed by atoms with van der Waals surface area (Å²) in [6, 6.07) is 0. The van der Waals surface area contributed by atoms with E-state index < -0.39 is 112 Å². The standard InChI is InChI=1S/C18H32O16/c19-1-4-7(22)8(23)12(27)17(31-4)34-15-6(3-21)32-18(13(28)10(15)25)33-14-5(2-20)30-16(29)11(26)9(14)24/h4-29H,1-3H2/t4?,5?,6?,7-,8+,9-,10-,11?,12?,13?,14-,15-,16?,17-,18-/m1/s1. The summed E-state index contributed by atoms with van der Waals surface area (Å²) in [4.78, 5) is 0. The SMILES string of the molecule is OCC1O[C@H](O[C@@H]2C(CO)O[C@H](O[C@@H]3C(CO)OC(O)C(O)[C@H]3O)C(O)[C@H]2O)C(O)[C@@H](O)[C@@H]1O. The van der Waals surface area contributed by atoms with Crippen LogP contribution < -0.4 is 0 Å². The van der Waals surface area contributed by atoms with Crippen LogP contribution in [0.2, 0.25) is 0 Å². The van der Waals surface area contributed by atoms with Crippen LogP contribution in [0.15, 0.2) is 0 Å². The summed E-state index contributed by atoms with van der Waals surface area (Å²) in [5.41, 5.74) is 0. The third kappa shape index (κ3) is 5.37. The van der Waals surface area contributed by atoms with E-state index >= 15 is 0 Å². The number of aliphatic hydroxyl groups excluding tert-OH is 11. The van der Waals surface area contributed by atoms with Crippen LogP contribution in [0.25, 0.3) is 0 Å². The van der Waals surface area contributed by atoms with Crippen molar-refractivity contribution in [3.63, 3.8) is 0 Å². The molecule has 0 aliphatic carbocycles. The quantitative estimate of drug-likeness (QED) is 0.154. The smallest absolute Gasteiger partial charge is 0.187 e. The van der Waals surface area contributed by atoms with E-state index in [9.17, 15) is 56.2 Å². The van der Waals surface area contributed by atoms with Gasteiger partial charge in [0.1, 0.15) is 73.2 Å². The fourth-order valence-corrected chi connectivity index (χ4v) is 4.06. The van der Waals surface area contributed by atoms with Crippen LogP contribution in [0.1, 0.15) is 0 Å². The normalized spacial score (nSPS) is 52.5. The minimum atomic E-state index is -1.91. The maximum atomic E-state index is 10.6. The molecule has 3 rings (SSSR count). The van der Waals surface area contributed by atoms with Gasteiger partial charge >= 0.3 is 0 Å². The molecule has 3 heterocycles. The Morgan fingerprint density at radius 1 is 0.441 bits per heavy atom. The van der Waals surface area contributed by atoms with E-state index in [1.165, 1.54) is 0 Å². The molecule has 3 fully saturated rings. The molecule has 0 radical (unpaired) electrons. The summed E-state index contributed by atoms with van der Waals surface area (Å²) in [5, 5.41) is 109. The van der Waals surface area contributed by atoms with Crippen LogP contribution in [0.5, 0.6) is 0 Å². The lowest BCUT2D eigenvalue weighted by molar-refractivity contribution is -0.377. The van der Waals surface area contributed by atoms with Crippen molar-refractivity contribution in [1.29, 1.82) is 0 Å². The molecule has 16 nitrogen and oxygen atoms in total. The van der Waals surface area contributed by atoms with E-state index in [1.54, 1.807) is 0 Å². The third-order valence-corrected chi connectivity index (χ3v) is 6.09. The van der Waals surface area contributed by atoms with Crippen molar-refractivity contribution in [3.05, 3.63) is 0 Å². The van der Waals surface area contributed by atoms with Crippen LogP contribution in [0.4, 0.5) is 0 Å². The lowest BCUT2D eigenvalue weighted by Gasteiger charge is -2.47. The molecular weight excluding hydrogens is 472 g/mol. The predicted molar refractivity (Wildman–Crippen MR) is 101 cm³/mol. The molecule has 16 heteroatoms. The first-order valence-corrected chi connectivity index (χ1v) is 10.6. The van der Waals surface area contributed by atoms with E-state index in [-0.39, 0.29) is 0 Å². The summed E-state index contributed by atoms with van der Waals surface area (Å²) < 4.78 is 26.4. The first-order valence-electron chi connectivity index (χ1n) is 10.6. The number of ether oxygens (including phenoxy) is 5. The fourth-order valence-electron chi connectivity index (χ4n) is 4.06. The van der Waals surface area contributed by atoms with Gasteiger partial charge in [-0.15, -0.1) is 0 Å². The Morgan fingerprint density at radius 3 is 1.35 bits per heavy atom. The molecule has 0 aromatic rings. The largest absolute Gasteiger partial charge is 0.394 e. The monoisotopic (exact) mass is 504 g/mol. The van der Waals surface area contributed by atoms with Gasteiger partial charge in [0.05, 0.1) is 19.8 Å². The van der Waals surface area contributed by atoms with Crippen LogP contribution in [0.3, 0.4) is 0 Å². The predicted octanol–water partition coefficient (Wildman–Crippen LogP) is -7.57. The molecule has 0 aromatic carbocycles. The Labute approximate surface area is 192 Å². The molecular formula is C18H32O16. The Morgan fingerprint density at radius 2 is 0.853 bits per heavy atom. The number of hydrogen-bond donors (Lipinski definition) is 11. The highest BCUT2D eigenvalue weighted by molar-refractivity contribution is 4.96. The summed E-state index contributed by atoms with van der Waals surface area (Å²) in [6.45, 7) is -2.32. The van der Waals surface area contributed by atoms with E-state index in [4.69, 9.17) is 23.7 Å². The van der Waals surface area contributed by atoms with Crippen LogP contribution in [0, 0.1) is 0 Å². The summed E-state index contributed by atoms with van der Waals surface area (Å²) >= 11 is 0. The zero-order valence-electron chi connectivity index (χ0n) is 17.7. The van der Waals surface area contributed by atoms with Crippen molar-refractivity contribution >= 4 is 0 Å². The van der Waals surface area contributed by atoms with Crippen molar-refractivity contribution in [2.24, 2.45) is 0 Å². The molecule has 3 aliphatic heterocycles. The number of hydrogen-bond acceptors (Lipinski definition) is 16. The van der Waals surface area contributed by atoms with Gasteiger partial charge in [0.2, 0.25) is 0 Å². The highest BCUT2D eigenvalue weighted by Gasteiger charge is 2.53. The van der Waals surface area contributed by atoms with E-state index in [1.807, 2.05) is 0 Å². The van der Waals surface area contributed by atoms with Crippen molar-refractivity contribution < 1.29 is 79.9 Å². The van der Waals surface area contributed by atoms with Crippen LogP contribution in [-0.2, 0) is 23.7 Å². The molecule has 0 spiro atoms. The second-order valence-electron chi connectivity index (χ2n) is 8.33. The Balaban J connectivity index is 1.72. The first kappa shape index (κ1) is 27.9. The topological polar surface area (TPSA) is 269 Å². The maximum absolute atomic E-state index is 10.6. The van der Waals surface area contributed by atoms with Crippen molar-refractivity contribution in [2.75, 3.05) is 19.8 Å². The molecule has 0 aromatic heterocycles. The minimum absolute atomic E-state index is 0.741. The second kappa shape index (κ2) is 11.6. The molecule has 34 heavy (non-hydrogen) atoms. The Bertz CT molecular complexity index is 635. The number of rotatable bonds is 7. The molecule has 15 atom stereocenters. The summed E-state index contributed by atoms with van der Waals surface area (Å²) in [7, 11) is 0. The lowest BCUT2D eigenvalue weighted by Crippen LogP contribution is -2.66. The average Bonchev–Trinajstić information content (AvgIpc) is 2.83. The molecule has 7 unspecified atom stereocenters. The van der Waals surface area contributed by atoms with Crippen molar-refractivity contribution in [1.82, 2.24) is 0 Å². The number of aliphatic hydroxyl groups is 11. The molecule has 11 N–H and O–H groups in total. The van der Waals surface area contributed by atoms with Crippen LogP contribution in [-0.4, -0.2) is 168 Å². The van der Waals surface area contributed by atoms with E-state index in [0.29, 0.717) is 0 Å². The summed E-state index contributed by atoms with van der Waals surface area (Å²) in [6.07, 6.45) is -25.1. The van der Waals surface area contributed by atoms with Gasteiger partial charge in [-0.25, -0.2) is 0 Å². The van der Waals surface area contributed by atoms with Gasteiger partial charge in [0, 0.05) is 0 Å². The Kier molecular flexibility index (Phi) is 9.54. The molecule has 0 amide bonds.